The lowest BCUT2D eigenvalue weighted by Crippen LogP contribution is -2.36. The topological polar surface area (TPSA) is 70.0 Å². The van der Waals surface area contributed by atoms with Crippen molar-refractivity contribution >= 4 is 5.97 Å². The summed E-state index contributed by atoms with van der Waals surface area (Å²) in [6, 6.07) is 0. The lowest BCUT2D eigenvalue weighted by atomic mass is 10.2. The fourth-order valence-electron chi connectivity index (χ4n) is 0.813. The van der Waals surface area contributed by atoms with Crippen LogP contribution in [0.3, 0.4) is 0 Å². The Balaban J connectivity index is 4.01. The summed E-state index contributed by atoms with van der Waals surface area (Å²) in [6.07, 6.45) is -0.596. The summed E-state index contributed by atoms with van der Waals surface area (Å²) in [5.74, 6) is -0.579. The summed E-state index contributed by atoms with van der Waals surface area (Å²) in [4.78, 5) is 16.1. The zero-order valence-corrected chi connectivity index (χ0v) is 8.93. The Kier molecular flexibility index (Phi) is 6.44. The normalized spacial score (nSPS) is 13.4. The first-order chi connectivity index (χ1) is 6.47. The third kappa shape index (κ3) is 5.90. The maximum absolute atomic E-state index is 11.2. The van der Waals surface area contributed by atoms with E-state index in [-0.39, 0.29) is 31.6 Å². The predicted molar refractivity (Wildman–Crippen MR) is 51.3 cm³/mol. The van der Waals surface area contributed by atoms with E-state index in [9.17, 15) is 4.79 Å². The SMILES string of the molecule is CC(O)CN(CCO)OC(=O)C(C)C. The number of hydrogen-bond acceptors (Lipinski definition) is 5. The highest BCUT2D eigenvalue weighted by Crippen LogP contribution is 2.01. The average Bonchev–Trinajstić information content (AvgIpc) is 2.02. The first-order valence-corrected chi connectivity index (χ1v) is 4.73. The van der Waals surface area contributed by atoms with Crippen LogP contribution in [-0.4, -0.2) is 47.0 Å². The molecule has 0 aromatic carbocycles. The zero-order valence-electron chi connectivity index (χ0n) is 8.93. The van der Waals surface area contributed by atoms with E-state index >= 15 is 0 Å². The molecule has 5 heteroatoms. The molecule has 0 heterocycles. The standard InChI is InChI=1S/C9H19NO4/c1-7(2)9(13)14-10(4-5-11)6-8(3)12/h7-8,11-12H,4-6H2,1-3H3. The van der Waals surface area contributed by atoms with Gasteiger partial charge in [0.1, 0.15) is 0 Å². The van der Waals surface area contributed by atoms with E-state index in [1.807, 2.05) is 0 Å². The Morgan fingerprint density at radius 2 is 2.00 bits per heavy atom. The molecule has 0 aromatic heterocycles. The van der Waals surface area contributed by atoms with Crippen LogP contribution < -0.4 is 0 Å². The number of rotatable bonds is 6. The van der Waals surface area contributed by atoms with E-state index in [2.05, 4.69) is 0 Å². The summed E-state index contributed by atoms with van der Waals surface area (Å²) in [5, 5.41) is 19.0. The molecule has 0 aliphatic rings. The second-order valence-corrected chi connectivity index (χ2v) is 3.53. The molecule has 2 N–H and O–H groups in total. The number of hydroxylamine groups is 2. The molecule has 0 fully saturated rings. The minimum atomic E-state index is -0.596. The van der Waals surface area contributed by atoms with Crippen LogP contribution in [0.5, 0.6) is 0 Å². The van der Waals surface area contributed by atoms with Crippen molar-refractivity contribution in [3.63, 3.8) is 0 Å². The van der Waals surface area contributed by atoms with Gasteiger partial charge in [0, 0.05) is 0 Å². The largest absolute Gasteiger partial charge is 0.395 e. The Morgan fingerprint density at radius 1 is 1.43 bits per heavy atom. The third-order valence-electron chi connectivity index (χ3n) is 1.51. The fraction of sp³-hybridized carbons (Fsp3) is 0.889. The molecule has 0 aliphatic carbocycles. The molecule has 0 radical (unpaired) electrons. The summed E-state index contributed by atoms with van der Waals surface area (Å²) in [5.41, 5.74) is 0. The number of aliphatic hydroxyl groups excluding tert-OH is 2. The highest BCUT2D eigenvalue weighted by molar-refractivity contribution is 5.71. The molecule has 0 spiro atoms. The van der Waals surface area contributed by atoms with Crippen molar-refractivity contribution in [2.45, 2.75) is 26.9 Å². The number of carbonyl (C=O) groups excluding carboxylic acids is 1. The van der Waals surface area contributed by atoms with Crippen molar-refractivity contribution in [3.05, 3.63) is 0 Å². The van der Waals surface area contributed by atoms with Gasteiger partial charge < -0.3 is 15.1 Å². The van der Waals surface area contributed by atoms with E-state index in [1.54, 1.807) is 20.8 Å². The van der Waals surface area contributed by atoms with E-state index < -0.39 is 6.10 Å². The molecule has 0 amide bonds. The molecular formula is C9H19NO4. The molecule has 0 bridgehead atoms. The monoisotopic (exact) mass is 205 g/mol. The Hall–Kier alpha value is -0.650. The molecule has 0 rings (SSSR count). The summed E-state index contributed by atoms with van der Waals surface area (Å²) < 4.78 is 0. The van der Waals surface area contributed by atoms with Gasteiger partial charge in [-0.25, -0.2) is 0 Å². The number of aliphatic hydroxyl groups is 2. The van der Waals surface area contributed by atoms with Gasteiger partial charge >= 0.3 is 5.97 Å². The number of hydrogen-bond donors (Lipinski definition) is 2. The van der Waals surface area contributed by atoms with Gasteiger partial charge in [0.15, 0.2) is 0 Å². The van der Waals surface area contributed by atoms with Gasteiger partial charge in [0.2, 0.25) is 0 Å². The van der Waals surface area contributed by atoms with Crippen molar-refractivity contribution in [2.75, 3.05) is 19.7 Å². The summed E-state index contributed by atoms with van der Waals surface area (Å²) in [7, 11) is 0. The highest BCUT2D eigenvalue weighted by Gasteiger charge is 2.15. The van der Waals surface area contributed by atoms with Crippen LogP contribution in [0.1, 0.15) is 20.8 Å². The maximum atomic E-state index is 11.2. The van der Waals surface area contributed by atoms with Gasteiger partial charge in [0.05, 0.1) is 31.7 Å². The van der Waals surface area contributed by atoms with E-state index in [4.69, 9.17) is 15.1 Å². The van der Waals surface area contributed by atoms with Crippen molar-refractivity contribution in [1.82, 2.24) is 5.06 Å². The van der Waals surface area contributed by atoms with Crippen LogP contribution >= 0.6 is 0 Å². The first-order valence-electron chi connectivity index (χ1n) is 4.73. The van der Waals surface area contributed by atoms with Crippen molar-refractivity contribution < 1.29 is 19.8 Å². The van der Waals surface area contributed by atoms with Crippen LogP contribution in [0.15, 0.2) is 0 Å². The lowest BCUT2D eigenvalue weighted by Gasteiger charge is -2.22. The molecule has 0 aromatic rings. The number of nitrogens with zero attached hydrogens (tertiary/aromatic N) is 1. The Morgan fingerprint density at radius 3 is 2.36 bits per heavy atom. The smallest absolute Gasteiger partial charge is 0.327 e. The van der Waals surface area contributed by atoms with Crippen LogP contribution in [-0.2, 0) is 9.63 Å². The minimum absolute atomic E-state index is 0.113. The molecule has 1 atom stereocenters. The molecule has 5 nitrogen and oxygen atoms in total. The first kappa shape index (κ1) is 13.4. The second kappa shape index (κ2) is 6.75. The van der Waals surface area contributed by atoms with E-state index in [1.165, 1.54) is 5.06 Å². The number of carbonyl (C=O) groups is 1. The maximum Gasteiger partial charge on any atom is 0.327 e. The Labute approximate surface area is 84.2 Å². The minimum Gasteiger partial charge on any atom is -0.395 e. The fourth-order valence-corrected chi connectivity index (χ4v) is 0.813. The van der Waals surface area contributed by atoms with Crippen LogP contribution in [0.2, 0.25) is 0 Å². The molecule has 1 unspecified atom stereocenters. The van der Waals surface area contributed by atoms with Gasteiger partial charge in [-0.15, -0.1) is 5.06 Å². The van der Waals surface area contributed by atoms with Crippen LogP contribution in [0.4, 0.5) is 0 Å². The molecule has 0 saturated heterocycles. The second-order valence-electron chi connectivity index (χ2n) is 3.53. The van der Waals surface area contributed by atoms with Crippen molar-refractivity contribution in [3.8, 4) is 0 Å². The summed E-state index contributed by atoms with van der Waals surface area (Å²) >= 11 is 0. The van der Waals surface area contributed by atoms with E-state index in [0.717, 1.165) is 0 Å². The zero-order chi connectivity index (χ0) is 11.1. The van der Waals surface area contributed by atoms with Gasteiger partial charge in [-0.05, 0) is 6.92 Å². The van der Waals surface area contributed by atoms with Gasteiger partial charge in [0.25, 0.3) is 0 Å². The average molecular weight is 205 g/mol. The van der Waals surface area contributed by atoms with Crippen LogP contribution in [0, 0.1) is 5.92 Å². The van der Waals surface area contributed by atoms with Crippen LogP contribution in [0.25, 0.3) is 0 Å². The highest BCUT2D eigenvalue weighted by atomic mass is 16.7. The molecule has 0 saturated carbocycles. The quantitative estimate of drug-likeness (QED) is 0.586. The molecule has 14 heavy (non-hydrogen) atoms. The molecule has 0 aliphatic heterocycles. The van der Waals surface area contributed by atoms with Crippen molar-refractivity contribution in [1.29, 1.82) is 0 Å². The van der Waals surface area contributed by atoms with Gasteiger partial charge in [-0.2, -0.15) is 0 Å². The van der Waals surface area contributed by atoms with Gasteiger partial charge in [-0.3, -0.25) is 4.79 Å². The summed E-state index contributed by atoms with van der Waals surface area (Å²) in [6.45, 7) is 5.34. The Bertz CT molecular complexity index is 170. The predicted octanol–water partition coefficient (Wildman–Crippen LogP) is -0.224. The van der Waals surface area contributed by atoms with Gasteiger partial charge in [-0.1, -0.05) is 13.8 Å². The molecule has 84 valence electrons. The lowest BCUT2D eigenvalue weighted by molar-refractivity contribution is -0.200. The van der Waals surface area contributed by atoms with E-state index in [0.29, 0.717) is 0 Å². The third-order valence-corrected chi connectivity index (χ3v) is 1.51. The molecular weight excluding hydrogens is 186 g/mol. The van der Waals surface area contributed by atoms with Crippen molar-refractivity contribution in [2.24, 2.45) is 5.92 Å².